The molecule has 5 heteroatoms. The molecule has 0 fully saturated rings. The first-order valence-electron chi connectivity index (χ1n) is 5.26. The molecule has 0 bridgehead atoms. The number of anilines is 1. The van der Waals surface area contributed by atoms with Gasteiger partial charge in [0.2, 0.25) is 0 Å². The Labute approximate surface area is 92.9 Å². The van der Waals surface area contributed by atoms with Crippen LogP contribution in [-0.2, 0) is 0 Å². The van der Waals surface area contributed by atoms with Crippen molar-refractivity contribution in [2.75, 3.05) is 5.32 Å². The van der Waals surface area contributed by atoms with Gasteiger partial charge in [0.1, 0.15) is 6.33 Å². The molecule has 2 aromatic rings. The molecule has 2 unspecified atom stereocenters. The van der Waals surface area contributed by atoms with E-state index in [-0.39, 0.29) is 12.2 Å². The predicted molar refractivity (Wildman–Crippen MR) is 62.7 cm³/mol. The molecule has 5 nitrogen and oxygen atoms in total. The molecule has 1 aromatic carbocycles. The second-order valence-electron chi connectivity index (χ2n) is 4.08. The highest BCUT2D eigenvalue weighted by molar-refractivity contribution is 5.93. The van der Waals surface area contributed by atoms with Crippen LogP contribution >= 0.6 is 0 Å². The van der Waals surface area contributed by atoms with Crippen LogP contribution in [0, 0.1) is 0 Å². The van der Waals surface area contributed by atoms with Crippen molar-refractivity contribution in [1.29, 1.82) is 0 Å². The van der Waals surface area contributed by atoms with Gasteiger partial charge in [-0.2, -0.15) is 0 Å². The van der Waals surface area contributed by atoms with E-state index < -0.39 is 0 Å². The fourth-order valence-electron chi connectivity index (χ4n) is 2.19. The Bertz CT molecular complexity index is 539. The fourth-order valence-corrected chi connectivity index (χ4v) is 2.19. The lowest BCUT2D eigenvalue weighted by Crippen LogP contribution is -2.38. The lowest BCUT2D eigenvalue weighted by atomic mass is 9.95. The molecule has 0 saturated heterocycles. The van der Waals surface area contributed by atoms with E-state index in [1.54, 1.807) is 6.20 Å². The van der Waals surface area contributed by atoms with Crippen molar-refractivity contribution in [1.82, 2.24) is 9.97 Å². The van der Waals surface area contributed by atoms with E-state index in [0.717, 1.165) is 28.6 Å². The van der Waals surface area contributed by atoms with Gasteiger partial charge in [0, 0.05) is 17.6 Å². The molecule has 0 spiro atoms. The predicted octanol–water partition coefficient (Wildman–Crippen LogP) is 0.730. The van der Waals surface area contributed by atoms with Crippen LogP contribution < -0.4 is 16.8 Å². The topological polar surface area (TPSA) is 89.9 Å². The van der Waals surface area contributed by atoms with Crippen molar-refractivity contribution in [3.63, 3.8) is 0 Å². The van der Waals surface area contributed by atoms with Crippen LogP contribution in [0.3, 0.4) is 0 Å². The molecular formula is C11H13N5. The third kappa shape index (κ3) is 1.33. The zero-order valence-corrected chi connectivity index (χ0v) is 8.72. The van der Waals surface area contributed by atoms with E-state index in [4.69, 9.17) is 11.5 Å². The highest BCUT2D eigenvalue weighted by Gasteiger charge is 2.23. The first-order chi connectivity index (χ1) is 7.75. The van der Waals surface area contributed by atoms with Gasteiger partial charge in [-0.05, 0) is 18.1 Å². The van der Waals surface area contributed by atoms with Crippen LogP contribution in [0.2, 0.25) is 0 Å². The van der Waals surface area contributed by atoms with Gasteiger partial charge in [-0.25, -0.2) is 9.97 Å². The SMILES string of the molecule is NC1CC(N)c2ccc3ncncc3c2N1. The Morgan fingerprint density at radius 1 is 1.31 bits per heavy atom. The lowest BCUT2D eigenvalue weighted by molar-refractivity contribution is 0.557. The van der Waals surface area contributed by atoms with Gasteiger partial charge < -0.3 is 16.8 Å². The van der Waals surface area contributed by atoms with E-state index in [1.165, 1.54) is 6.33 Å². The number of rotatable bonds is 0. The van der Waals surface area contributed by atoms with Crippen LogP contribution in [0.15, 0.2) is 24.7 Å². The molecule has 0 aliphatic carbocycles. The smallest absolute Gasteiger partial charge is 0.116 e. The highest BCUT2D eigenvalue weighted by Crippen LogP contribution is 2.34. The van der Waals surface area contributed by atoms with Crippen LogP contribution in [-0.4, -0.2) is 16.1 Å². The molecule has 2 atom stereocenters. The number of fused-ring (bicyclic) bond motifs is 3. The Hall–Kier alpha value is -1.72. The maximum Gasteiger partial charge on any atom is 0.116 e. The molecule has 0 radical (unpaired) electrons. The number of nitrogens with zero attached hydrogens (tertiary/aromatic N) is 2. The molecule has 5 N–H and O–H groups in total. The van der Waals surface area contributed by atoms with Crippen molar-refractivity contribution in [3.05, 3.63) is 30.2 Å². The first kappa shape index (κ1) is 9.50. The van der Waals surface area contributed by atoms with E-state index >= 15 is 0 Å². The summed E-state index contributed by atoms with van der Waals surface area (Å²) in [5.74, 6) is 0. The van der Waals surface area contributed by atoms with Gasteiger partial charge in [-0.3, -0.25) is 0 Å². The Kier molecular flexibility index (Phi) is 2.02. The van der Waals surface area contributed by atoms with Gasteiger partial charge in [-0.15, -0.1) is 0 Å². The second kappa shape index (κ2) is 3.40. The monoisotopic (exact) mass is 215 g/mol. The third-order valence-electron chi connectivity index (χ3n) is 2.96. The van der Waals surface area contributed by atoms with Crippen molar-refractivity contribution in [3.8, 4) is 0 Å². The Morgan fingerprint density at radius 2 is 2.19 bits per heavy atom. The van der Waals surface area contributed by atoms with Crippen molar-refractivity contribution >= 4 is 16.6 Å². The van der Waals surface area contributed by atoms with Gasteiger partial charge >= 0.3 is 0 Å². The summed E-state index contributed by atoms with van der Waals surface area (Å²) in [6.45, 7) is 0. The van der Waals surface area contributed by atoms with Crippen molar-refractivity contribution in [2.45, 2.75) is 18.6 Å². The maximum atomic E-state index is 6.07. The van der Waals surface area contributed by atoms with E-state index in [1.807, 2.05) is 12.1 Å². The molecule has 1 aromatic heterocycles. The Balaban J connectivity index is 2.29. The summed E-state index contributed by atoms with van der Waals surface area (Å²) in [6.07, 6.45) is 3.97. The number of benzene rings is 1. The number of nitrogens with one attached hydrogen (secondary N) is 1. The first-order valence-corrected chi connectivity index (χ1v) is 5.26. The van der Waals surface area contributed by atoms with Gasteiger partial charge in [-0.1, -0.05) is 6.07 Å². The molecule has 0 saturated carbocycles. The summed E-state index contributed by atoms with van der Waals surface area (Å²) in [6, 6.07) is 3.96. The largest absolute Gasteiger partial charge is 0.369 e. The number of aromatic nitrogens is 2. The van der Waals surface area contributed by atoms with Crippen LogP contribution in [0.1, 0.15) is 18.0 Å². The zero-order chi connectivity index (χ0) is 11.1. The standard InChI is InChI=1S/C11H13N5/c12-8-3-10(13)16-11-6(8)1-2-9-7(11)4-14-5-15-9/h1-2,4-5,8,10,16H,3,12-13H2. The summed E-state index contributed by atoms with van der Waals surface area (Å²) in [5, 5.41) is 4.23. The summed E-state index contributed by atoms with van der Waals surface area (Å²) in [7, 11) is 0. The maximum absolute atomic E-state index is 6.07. The second-order valence-corrected chi connectivity index (χ2v) is 4.08. The minimum absolute atomic E-state index is 0.0177. The number of nitrogens with two attached hydrogens (primary N) is 2. The minimum atomic E-state index is -0.103. The van der Waals surface area contributed by atoms with E-state index in [0.29, 0.717) is 0 Å². The average molecular weight is 215 g/mol. The lowest BCUT2D eigenvalue weighted by Gasteiger charge is -2.29. The summed E-state index contributed by atoms with van der Waals surface area (Å²) < 4.78 is 0. The quantitative estimate of drug-likeness (QED) is 0.602. The fraction of sp³-hybridized carbons (Fsp3) is 0.273. The molecule has 3 rings (SSSR count). The van der Waals surface area contributed by atoms with Crippen LogP contribution in [0.25, 0.3) is 10.9 Å². The molecule has 16 heavy (non-hydrogen) atoms. The van der Waals surface area contributed by atoms with Gasteiger partial charge in [0.15, 0.2) is 0 Å². The van der Waals surface area contributed by atoms with Crippen LogP contribution in [0.4, 0.5) is 5.69 Å². The van der Waals surface area contributed by atoms with Crippen molar-refractivity contribution < 1.29 is 0 Å². The third-order valence-corrected chi connectivity index (χ3v) is 2.96. The van der Waals surface area contributed by atoms with E-state index in [9.17, 15) is 0 Å². The summed E-state index contributed by atoms with van der Waals surface area (Å²) in [5.41, 5.74) is 14.9. The van der Waals surface area contributed by atoms with E-state index in [2.05, 4.69) is 15.3 Å². The highest BCUT2D eigenvalue weighted by atomic mass is 15.1. The molecule has 82 valence electrons. The summed E-state index contributed by atoms with van der Waals surface area (Å²) in [4.78, 5) is 8.24. The molecule has 2 heterocycles. The van der Waals surface area contributed by atoms with Gasteiger partial charge in [0.25, 0.3) is 0 Å². The molecule has 1 aliphatic heterocycles. The number of hydrogen-bond donors (Lipinski definition) is 3. The Morgan fingerprint density at radius 3 is 3.06 bits per heavy atom. The minimum Gasteiger partial charge on any atom is -0.369 e. The normalized spacial score (nSPS) is 23.9. The molecule has 0 amide bonds. The average Bonchev–Trinajstić information content (AvgIpc) is 2.28. The zero-order valence-electron chi connectivity index (χ0n) is 8.72. The van der Waals surface area contributed by atoms with Crippen molar-refractivity contribution in [2.24, 2.45) is 11.5 Å². The molecular weight excluding hydrogens is 202 g/mol. The van der Waals surface area contributed by atoms with Gasteiger partial charge in [0.05, 0.1) is 17.4 Å². The summed E-state index contributed by atoms with van der Waals surface area (Å²) >= 11 is 0. The van der Waals surface area contributed by atoms with Crippen LogP contribution in [0.5, 0.6) is 0 Å². The number of hydrogen-bond acceptors (Lipinski definition) is 5. The molecule has 1 aliphatic rings.